The zero-order valence-electron chi connectivity index (χ0n) is 20.1. The van der Waals surface area contributed by atoms with Crippen molar-refractivity contribution in [1.29, 1.82) is 0 Å². The van der Waals surface area contributed by atoms with Gasteiger partial charge < -0.3 is 20.0 Å². The molecule has 188 valence electrons. The van der Waals surface area contributed by atoms with Crippen LogP contribution in [0.1, 0.15) is 35.5 Å². The standard InChI is InChI=1S/C28H25ClN4O2S2/c1-18-5-9-20(10-6-18)31-24(34)15-17-33-27(26(32-28(33)36)22-4-2-3-16-30-22)23-13-14-25(35-23)37-21-11-7-19(29)8-12-21/h2-14,16,26-27H,15,17H2,1H3,(H,31,34)(H,32,36)/t26-,27+/m0/s1. The maximum absolute atomic E-state index is 12.7. The number of furan rings is 1. The molecule has 3 heterocycles. The summed E-state index contributed by atoms with van der Waals surface area (Å²) in [6.07, 6.45) is 2.03. The smallest absolute Gasteiger partial charge is 0.226 e. The van der Waals surface area contributed by atoms with Crippen molar-refractivity contribution in [2.75, 3.05) is 11.9 Å². The lowest BCUT2D eigenvalue weighted by molar-refractivity contribution is -0.116. The highest BCUT2D eigenvalue weighted by atomic mass is 35.5. The Labute approximate surface area is 230 Å². The Morgan fingerprint density at radius 3 is 2.62 bits per heavy atom. The fourth-order valence-electron chi connectivity index (χ4n) is 4.20. The number of aryl methyl sites for hydroxylation is 1. The largest absolute Gasteiger partial charge is 0.452 e. The number of amides is 1. The molecule has 0 spiro atoms. The van der Waals surface area contributed by atoms with Crippen LogP contribution in [0, 0.1) is 6.92 Å². The Bertz CT molecular complexity index is 1380. The highest BCUT2D eigenvalue weighted by Gasteiger charge is 2.41. The van der Waals surface area contributed by atoms with Gasteiger partial charge in [0.2, 0.25) is 5.91 Å². The molecule has 2 N–H and O–H groups in total. The molecule has 2 atom stereocenters. The van der Waals surface area contributed by atoms with E-state index in [-0.39, 0.29) is 24.4 Å². The van der Waals surface area contributed by atoms with Gasteiger partial charge in [-0.05, 0) is 79.8 Å². The van der Waals surface area contributed by atoms with Gasteiger partial charge in [0.1, 0.15) is 11.8 Å². The first-order valence-electron chi connectivity index (χ1n) is 11.8. The van der Waals surface area contributed by atoms with Crippen molar-refractivity contribution in [1.82, 2.24) is 15.2 Å². The molecule has 0 radical (unpaired) electrons. The lowest BCUT2D eigenvalue weighted by Crippen LogP contribution is -2.32. The van der Waals surface area contributed by atoms with Crippen LogP contribution in [-0.4, -0.2) is 27.4 Å². The van der Waals surface area contributed by atoms with Crippen molar-refractivity contribution >= 4 is 52.3 Å². The molecule has 0 unspecified atom stereocenters. The molecule has 4 aromatic rings. The van der Waals surface area contributed by atoms with E-state index in [9.17, 15) is 4.79 Å². The number of halogens is 1. The number of carbonyl (C=O) groups excluding carboxylic acids is 1. The lowest BCUT2D eigenvalue weighted by Gasteiger charge is -2.25. The fraction of sp³-hybridized carbons (Fsp3) is 0.179. The molecule has 1 aliphatic heterocycles. The number of benzene rings is 2. The van der Waals surface area contributed by atoms with E-state index in [4.69, 9.17) is 28.2 Å². The van der Waals surface area contributed by atoms with E-state index < -0.39 is 0 Å². The number of anilines is 1. The summed E-state index contributed by atoms with van der Waals surface area (Å²) in [4.78, 5) is 20.3. The van der Waals surface area contributed by atoms with E-state index >= 15 is 0 Å². The fourth-order valence-corrected chi connectivity index (χ4v) is 5.44. The third-order valence-corrected chi connectivity index (χ3v) is 7.57. The van der Waals surface area contributed by atoms with Crippen LogP contribution in [-0.2, 0) is 4.79 Å². The molecule has 0 aliphatic carbocycles. The van der Waals surface area contributed by atoms with Crippen molar-refractivity contribution in [2.45, 2.75) is 35.4 Å². The Kier molecular flexibility index (Phi) is 7.79. The average Bonchev–Trinajstić information content (AvgIpc) is 3.49. The number of hydrogen-bond acceptors (Lipinski definition) is 5. The van der Waals surface area contributed by atoms with E-state index in [1.54, 1.807) is 6.20 Å². The van der Waals surface area contributed by atoms with E-state index in [2.05, 4.69) is 15.6 Å². The minimum atomic E-state index is -0.255. The second-order valence-electron chi connectivity index (χ2n) is 8.70. The summed E-state index contributed by atoms with van der Waals surface area (Å²) >= 11 is 13.2. The highest BCUT2D eigenvalue weighted by molar-refractivity contribution is 7.99. The summed E-state index contributed by atoms with van der Waals surface area (Å²) in [5.74, 6) is 0.670. The van der Waals surface area contributed by atoms with Gasteiger partial charge in [0.25, 0.3) is 0 Å². The number of nitrogens with zero attached hydrogens (tertiary/aromatic N) is 2. The van der Waals surface area contributed by atoms with Gasteiger partial charge in [-0.25, -0.2) is 0 Å². The molecule has 0 saturated carbocycles. The molecule has 5 rings (SSSR count). The predicted molar refractivity (Wildman–Crippen MR) is 151 cm³/mol. The van der Waals surface area contributed by atoms with Gasteiger partial charge in [-0.2, -0.15) is 0 Å². The van der Waals surface area contributed by atoms with Crippen molar-refractivity contribution < 1.29 is 9.21 Å². The number of thiocarbonyl (C=S) groups is 1. The van der Waals surface area contributed by atoms with Crippen LogP contribution in [0.15, 0.2) is 99.5 Å². The second kappa shape index (κ2) is 11.4. The van der Waals surface area contributed by atoms with Gasteiger partial charge in [-0.1, -0.05) is 47.1 Å². The van der Waals surface area contributed by atoms with Gasteiger partial charge >= 0.3 is 0 Å². The molecule has 6 nitrogen and oxygen atoms in total. The summed E-state index contributed by atoms with van der Waals surface area (Å²) in [5, 5.41) is 8.37. The van der Waals surface area contributed by atoms with Gasteiger partial charge in [0, 0.05) is 34.8 Å². The quantitative estimate of drug-likeness (QED) is 0.235. The van der Waals surface area contributed by atoms with E-state index in [0.717, 1.165) is 32.7 Å². The minimum absolute atomic E-state index is 0.0786. The zero-order chi connectivity index (χ0) is 25.8. The molecule has 1 fully saturated rings. The molecule has 1 aliphatic rings. The minimum Gasteiger partial charge on any atom is -0.452 e. The van der Waals surface area contributed by atoms with Gasteiger partial charge in [0.05, 0.1) is 11.7 Å². The van der Waals surface area contributed by atoms with E-state index in [1.807, 2.05) is 90.7 Å². The van der Waals surface area contributed by atoms with Crippen molar-refractivity contribution in [3.8, 4) is 0 Å². The predicted octanol–water partition coefficient (Wildman–Crippen LogP) is 6.79. The zero-order valence-corrected chi connectivity index (χ0v) is 22.4. The van der Waals surface area contributed by atoms with Gasteiger partial charge in [-0.3, -0.25) is 9.78 Å². The third-order valence-electron chi connectivity index (χ3n) is 6.04. The van der Waals surface area contributed by atoms with Crippen molar-refractivity contribution in [3.05, 3.63) is 107 Å². The van der Waals surface area contributed by atoms with Crippen LogP contribution in [0.4, 0.5) is 5.69 Å². The van der Waals surface area contributed by atoms with Gasteiger partial charge in [-0.15, -0.1) is 0 Å². The molecule has 1 saturated heterocycles. The number of hydrogen-bond donors (Lipinski definition) is 2. The summed E-state index contributed by atoms with van der Waals surface area (Å²) in [7, 11) is 0. The number of pyridine rings is 1. The Morgan fingerprint density at radius 2 is 1.89 bits per heavy atom. The SMILES string of the molecule is Cc1ccc(NC(=O)CCN2C(=S)N[C@@H](c3ccccn3)[C@H]2c2ccc(Sc3ccc(Cl)cc3)o2)cc1. The lowest BCUT2D eigenvalue weighted by atomic mass is 10.0. The van der Waals surface area contributed by atoms with Gasteiger partial charge in [0.15, 0.2) is 10.2 Å². The first-order chi connectivity index (χ1) is 18.0. The first-order valence-corrected chi connectivity index (χ1v) is 13.4. The molecule has 2 aromatic carbocycles. The Hall–Kier alpha value is -3.33. The molecular formula is C28H25ClN4O2S2. The summed E-state index contributed by atoms with van der Waals surface area (Å²) in [6, 6.07) is 24.6. The van der Waals surface area contributed by atoms with Crippen LogP contribution < -0.4 is 10.6 Å². The first kappa shape index (κ1) is 25.3. The number of aromatic nitrogens is 1. The van der Waals surface area contributed by atoms with Crippen LogP contribution in [0.3, 0.4) is 0 Å². The van der Waals surface area contributed by atoms with Crippen LogP contribution >= 0.6 is 35.6 Å². The summed E-state index contributed by atoms with van der Waals surface area (Å²) < 4.78 is 6.31. The summed E-state index contributed by atoms with van der Waals surface area (Å²) in [6.45, 7) is 2.44. The second-order valence-corrected chi connectivity index (χ2v) is 10.6. The van der Waals surface area contributed by atoms with Crippen molar-refractivity contribution in [3.63, 3.8) is 0 Å². The van der Waals surface area contributed by atoms with Crippen LogP contribution in [0.2, 0.25) is 5.02 Å². The monoisotopic (exact) mass is 548 g/mol. The summed E-state index contributed by atoms with van der Waals surface area (Å²) in [5.41, 5.74) is 2.77. The number of rotatable bonds is 8. The Morgan fingerprint density at radius 1 is 1.11 bits per heavy atom. The number of carbonyl (C=O) groups is 1. The normalized spacial score (nSPS) is 17.0. The average molecular weight is 549 g/mol. The van der Waals surface area contributed by atoms with Crippen LogP contribution in [0.25, 0.3) is 0 Å². The third kappa shape index (κ3) is 6.15. The highest BCUT2D eigenvalue weighted by Crippen LogP contribution is 2.41. The molecule has 37 heavy (non-hydrogen) atoms. The Balaban J connectivity index is 1.35. The molecule has 1 amide bonds. The maximum Gasteiger partial charge on any atom is 0.226 e. The molecular weight excluding hydrogens is 524 g/mol. The molecule has 0 bridgehead atoms. The topological polar surface area (TPSA) is 70.4 Å². The molecule has 9 heteroatoms. The van der Waals surface area contributed by atoms with Crippen LogP contribution in [0.5, 0.6) is 0 Å². The molecule has 2 aromatic heterocycles. The van der Waals surface area contributed by atoms with E-state index in [0.29, 0.717) is 16.7 Å². The maximum atomic E-state index is 12.7. The van der Waals surface area contributed by atoms with E-state index in [1.165, 1.54) is 11.8 Å². The number of nitrogens with one attached hydrogen (secondary N) is 2. The van der Waals surface area contributed by atoms with Crippen molar-refractivity contribution in [2.24, 2.45) is 0 Å².